The highest BCUT2D eigenvalue weighted by Crippen LogP contribution is 2.32. The van der Waals surface area contributed by atoms with Crippen molar-refractivity contribution in [2.75, 3.05) is 33.7 Å². The van der Waals surface area contributed by atoms with Gasteiger partial charge >= 0.3 is 0 Å². The van der Waals surface area contributed by atoms with E-state index in [1.807, 2.05) is 6.92 Å². The summed E-state index contributed by atoms with van der Waals surface area (Å²) < 4.78 is 0.340. The Morgan fingerprint density at radius 1 is 1.10 bits per heavy atom. The minimum absolute atomic E-state index is 0.0376. The highest BCUT2D eigenvalue weighted by Gasteiger charge is 2.35. The lowest BCUT2D eigenvalue weighted by atomic mass is 9.84. The van der Waals surface area contributed by atoms with E-state index in [1.54, 1.807) is 0 Å². The Hall–Kier alpha value is -0.220. The molecule has 4 heteroatoms. The van der Waals surface area contributed by atoms with Crippen LogP contribution in [0.1, 0.15) is 54.9 Å². The molecule has 0 aromatic rings. The standard InChI is InChI=1S/C17H36N2OS/c1-10-19(8,9)13-16(5,6)12-18-14(20)17(7,21)11-15(2,3)4/h10-13H2,1-9H3,(H-,18,20,21)/p+1. The molecule has 0 saturated heterocycles. The zero-order valence-electron chi connectivity index (χ0n) is 15.6. The molecule has 1 amide bonds. The number of nitrogens with zero attached hydrogens (tertiary/aromatic N) is 1. The van der Waals surface area contributed by atoms with Gasteiger partial charge in [-0.15, -0.1) is 0 Å². The summed E-state index contributed by atoms with van der Waals surface area (Å²) in [5, 5.41) is 3.11. The van der Waals surface area contributed by atoms with Gasteiger partial charge in [0.05, 0.1) is 31.9 Å². The molecule has 0 aliphatic carbocycles. The monoisotopic (exact) mass is 317 g/mol. The Kier molecular flexibility index (Phi) is 6.83. The van der Waals surface area contributed by atoms with Gasteiger partial charge in [-0.05, 0) is 25.7 Å². The molecule has 126 valence electrons. The van der Waals surface area contributed by atoms with E-state index in [2.05, 4.69) is 73.6 Å². The number of rotatable bonds is 7. The molecule has 0 spiro atoms. The van der Waals surface area contributed by atoms with Gasteiger partial charge in [0.2, 0.25) is 5.91 Å². The Labute approximate surface area is 137 Å². The van der Waals surface area contributed by atoms with Crippen LogP contribution in [0.5, 0.6) is 0 Å². The quantitative estimate of drug-likeness (QED) is 0.547. The first-order valence-electron chi connectivity index (χ1n) is 7.93. The minimum Gasteiger partial charge on any atom is -0.354 e. The molecule has 0 aliphatic heterocycles. The average Bonchev–Trinajstić information content (AvgIpc) is 2.21. The highest BCUT2D eigenvalue weighted by atomic mass is 32.1. The van der Waals surface area contributed by atoms with Crippen molar-refractivity contribution in [1.29, 1.82) is 0 Å². The molecule has 0 fully saturated rings. The molecule has 3 nitrogen and oxygen atoms in total. The van der Waals surface area contributed by atoms with E-state index in [0.717, 1.165) is 24.0 Å². The maximum absolute atomic E-state index is 12.4. The molecule has 0 aromatic heterocycles. The van der Waals surface area contributed by atoms with Gasteiger partial charge in [0.15, 0.2) is 0 Å². The Balaban J connectivity index is 4.60. The molecule has 0 rings (SSSR count). The largest absolute Gasteiger partial charge is 0.354 e. The normalized spacial score (nSPS) is 16.5. The van der Waals surface area contributed by atoms with Crippen molar-refractivity contribution < 1.29 is 9.28 Å². The smallest absolute Gasteiger partial charge is 0.235 e. The molecule has 1 atom stereocenters. The molecule has 0 radical (unpaired) electrons. The summed E-state index contributed by atoms with van der Waals surface area (Å²) in [6, 6.07) is 0. The van der Waals surface area contributed by atoms with E-state index in [0.29, 0.717) is 6.54 Å². The van der Waals surface area contributed by atoms with Crippen molar-refractivity contribution in [2.24, 2.45) is 10.8 Å². The van der Waals surface area contributed by atoms with E-state index in [1.165, 1.54) is 0 Å². The Morgan fingerprint density at radius 3 is 1.95 bits per heavy atom. The second-order valence-electron chi connectivity index (χ2n) is 9.27. The van der Waals surface area contributed by atoms with Gasteiger partial charge < -0.3 is 9.80 Å². The molecule has 0 bridgehead atoms. The van der Waals surface area contributed by atoms with Crippen molar-refractivity contribution in [3.8, 4) is 0 Å². The number of amides is 1. The van der Waals surface area contributed by atoms with Gasteiger partial charge in [0.25, 0.3) is 0 Å². The van der Waals surface area contributed by atoms with E-state index < -0.39 is 4.75 Å². The fraction of sp³-hybridized carbons (Fsp3) is 0.941. The number of hydrogen-bond acceptors (Lipinski definition) is 2. The second kappa shape index (κ2) is 6.91. The number of carbonyl (C=O) groups is 1. The van der Waals surface area contributed by atoms with E-state index in [9.17, 15) is 4.79 Å². The first kappa shape index (κ1) is 20.8. The fourth-order valence-corrected chi connectivity index (χ4v) is 3.50. The third-order valence-electron chi connectivity index (χ3n) is 3.80. The topological polar surface area (TPSA) is 29.1 Å². The molecular weight excluding hydrogens is 280 g/mol. The number of carbonyl (C=O) groups excluding carboxylic acids is 1. The number of thiol groups is 1. The molecule has 21 heavy (non-hydrogen) atoms. The molecule has 0 aliphatic rings. The van der Waals surface area contributed by atoms with E-state index in [4.69, 9.17) is 0 Å². The van der Waals surface area contributed by atoms with Crippen molar-refractivity contribution in [2.45, 2.75) is 59.6 Å². The van der Waals surface area contributed by atoms with Crippen molar-refractivity contribution in [3.05, 3.63) is 0 Å². The first-order chi connectivity index (χ1) is 9.10. The van der Waals surface area contributed by atoms with Crippen molar-refractivity contribution in [1.82, 2.24) is 5.32 Å². The Morgan fingerprint density at radius 2 is 1.57 bits per heavy atom. The summed E-state index contributed by atoms with van der Waals surface area (Å²) in [5.41, 5.74) is 0.158. The van der Waals surface area contributed by atoms with Crippen LogP contribution in [0, 0.1) is 10.8 Å². The summed E-state index contributed by atoms with van der Waals surface area (Å²) in [6.07, 6.45) is 0.756. The summed E-state index contributed by atoms with van der Waals surface area (Å²) in [7, 11) is 4.46. The minimum atomic E-state index is -0.622. The maximum atomic E-state index is 12.4. The lowest BCUT2D eigenvalue weighted by Crippen LogP contribution is -2.52. The summed E-state index contributed by atoms with van der Waals surface area (Å²) >= 11 is 4.59. The van der Waals surface area contributed by atoms with Crippen LogP contribution in [-0.2, 0) is 4.79 Å². The van der Waals surface area contributed by atoms with Crippen LogP contribution in [0.2, 0.25) is 0 Å². The van der Waals surface area contributed by atoms with Crippen LogP contribution in [0.3, 0.4) is 0 Å². The van der Waals surface area contributed by atoms with Crippen LogP contribution < -0.4 is 5.32 Å². The van der Waals surface area contributed by atoms with Crippen LogP contribution in [0.4, 0.5) is 0 Å². The van der Waals surface area contributed by atoms with Crippen molar-refractivity contribution >= 4 is 18.5 Å². The van der Waals surface area contributed by atoms with E-state index >= 15 is 0 Å². The maximum Gasteiger partial charge on any atom is 0.235 e. The molecule has 1 unspecified atom stereocenters. The van der Waals surface area contributed by atoms with Crippen LogP contribution in [0.15, 0.2) is 0 Å². The third kappa shape index (κ3) is 8.72. The van der Waals surface area contributed by atoms with Crippen molar-refractivity contribution in [3.63, 3.8) is 0 Å². The van der Waals surface area contributed by atoms with Gasteiger partial charge in [0.1, 0.15) is 0 Å². The van der Waals surface area contributed by atoms with Gasteiger partial charge in [-0.2, -0.15) is 12.6 Å². The number of quaternary nitrogens is 1. The molecule has 1 N–H and O–H groups in total. The highest BCUT2D eigenvalue weighted by molar-refractivity contribution is 7.82. The molecular formula is C17H37N2OS+. The molecule has 0 aromatic carbocycles. The zero-order chi connectivity index (χ0) is 17.1. The summed E-state index contributed by atoms with van der Waals surface area (Å²) in [6.45, 7) is 17.8. The third-order valence-corrected chi connectivity index (χ3v) is 4.16. The second-order valence-corrected chi connectivity index (χ2v) is 10.3. The molecule has 0 heterocycles. The number of nitrogens with one attached hydrogen (secondary N) is 1. The van der Waals surface area contributed by atoms with Crippen LogP contribution in [-0.4, -0.2) is 48.9 Å². The lowest BCUT2D eigenvalue weighted by Gasteiger charge is -2.37. The van der Waals surface area contributed by atoms with Gasteiger partial charge in [-0.3, -0.25) is 4.79 Å². The van der Waals surface area contributed by atoms with Gasteiger partial charge in [0, 0.05) is 12.0 Å². The van der Waals surface area contributed by atoms with Crippen LogP contribution >= 0.6 is 12.6 Å². The predicted molar refractivity (Wildman–Crippen MR) is 95.8 cm³/mol. The predicted octanol–water partition coefficient (Wildman–Crippen LogP) is 3.35. The SMILES string of the molecule is CC[N+](C)(C)CC(C)(C)CNC(=O)C(C)(S)CC(C)(C)C. The fourth-order valence-electron chi connectivity index (χ4n) is 2.95. The molecule has 0 saturated carbocycles. The zero-order valence-corrected chi connectivity index (χ0v) is 16.5. The lowest BCUT2D eigenvalue weighted by molar-refractivity contribution is -0.894. The summed E-state index contributed by atoms with van der Waals surface area (Å²) in [4.78, 5) is 12.4. The summed E-state index contributed by atoms with van der Waals surface area (Å²) in [5.74, 6) is 0.0376. The van der Waals surface area contributed by atoms with E-state index in [-0.39, 0.29) is 16.7 Å². The van der Waals surface area contributed by atoms with Gasteiger partial charge in [-0.1, -0.05) is 34.6 Å². The van der Waals surface area contributed by atoms with Gasteiger partial charge in [-0.25, -0.2) is 0 Å². The Bertz CT molecular complexity index is 354. The average molecular weight is 318 g/mol. The number of hydrogen-bond donors (Lipinski definition) is 2. The van der Waals surface area contributed by atoms with Crippen LogP contribution in [0.25, 0.3) is 0 Å². The first-order valence-corrected chi connectivity index (χ1v) is 8.38.